The van der Waals surface area contributed by atoms with Crippen molar-refractivity contribution in [1.29, 1.82) is 0 Å². The van der Waals surface area contributed by atoms with Crippen molar-refractivity contribution < 1.29 is 0 Å². The van der Waals surface area contributed by atoms with Crippen LogP contribution in [0.25, 0.3) is 27.5 Å². The molecule has 2 aliphatic carbocycles. The highest BCUT2D eigenvalue weighted by molar-refractivity contribution is 6.10. The summed E-state index contributed by atoms with van der Waals surface area (Å²) < 4.78 is 2.39. The lowest BCUT2D eigenvalue weighted by atomic mass is 9.70. The lowest BCUT2D eigenvalue weighted by Gasteiger charge is -2.37. The monoisotopic (exact) mass is 556 g/mol. The SMILES string of the molecule is Cc1ccc(N(C2=CCC3(C)C(=C2)C(C)(C)c2ccccc23)c2ccc3c(c2)c2ccccc2n3-c2ccccc2)cc1. The van der Waals surface area contributed by atoms with E-state index in [0.29, 0.717) is 0 Å². The molecule has 0 amide bonds. The third kappa shape index (κ3) is 3.79. The van der Waals surface area contributed by atoms with Crippen LogP contribution in [0.15, 0.2) is 145 Å². The van der Waals surface area contributed by atoms with Crippen LogP contribution in [0.5, 0.6) is 0 Å². The predicted octanol–water partition coefficient (Wildman–Crippen LogP) is 10.7. The summed E-state index contributed by atoms with van der Waals surface area (Å²) in [5.41, 5.74) is 12.9. The molecule has 0 radical (unpaired) electrons. The van der Waals surface area contributed by atoms with E-state index in [1.54, 1.807) is 0 Å². The highest BCUT2D eigenvalue weighted by Crippen LogP contribution is 2.57. The number of hydrogen-bond acceptors (Lipinski definition) is 1. The van der Waals surface area contributed by atoms with Crippen LogP contribution < -0.4 is 4.90 Å². The molecule has 6 aromatic rings. The van der Waals surface area contributed by atoms with Crippen molar-refractivity contribution in [3.8, 4) is 5.69 Å². The number of benzene rings is 5. The fourth-order valence-corrected chi connectivity index (χ4v) is 7.82. The van der Waals surface area contributed by atoms with Gasteiger partial charge in [0.15, 0.2) is 0 Å². The fraction of sp³-hybridized carbons (Fsp3) is 0.171. The molecule has 0 saturated carbocycles. The molecule has 0 N–H and O–H groups in total. The molecule has 0 bridgehead atoms. The summed E-state index contributed by atoms with van der Waals surface area (Å²) in [6, 6.07) is 44.4. The van der Waals surface area contributed by atoms with E-state index >= 15 is 0 Å². The van der Waals surface area contributed by atoms with Gasteiger partial charge in [-0.15, -0.1) is 0 Å². The maximum atomic E-state index is 2.49. The average Bonchev–Trinajstić information content (AvgIpc) is 3.45. The molecule has 1 atom stereocenters. The van der Waals surface area contributed by atoms with E-state index in [1.807, 2.05) is 0 Å². The van der Waals surface area contributed by atoms with Crippen molar-refractivity contribution in [1.82, 2.24) is 4.57 Å². The van der Waals surface area contributed by atoms with Crippen molar-refractivity contribution >= 4 is 33.2 Å². The maximum Gasteiger partial charge on any atom is 0.0542 e. The summed E-state index contributed by atoms with van der Waals surface area (Å²) >= 11 is 0. The Balaban J connectivity index is 1.33. The van der Waals surface area contributed by atoms with Gasteiger partial charge in [0.1, 0.15) is 0 Å². The highest BCUT2D eigenvalue weighted by Gasteiger charge is 2.49. The lowest BCUT2D eigenvalue weighted by Crippen LogP contribution is -2.30. The third-order valence-electron chi connectivity index (χ3n) is 9.95. The molecule has 210 valence electrons. The van der Waals surface area contributed by atoms with Crippen LogP contribution in [0.3, 0.4) is 0 Å². The standard InChI is InChI=1S/C41H36N2/c1-28-18-20-30(21-19-28)42(32-24-25-41(4)36-16-10-9-15-35(36)40(2,3)39(41)27-32)31-22-23-38-34(26-31)33-14-8-11-17-37(33)43(38)29-12-6-5-7-13-29/h5-24,26-27H,25H2,1-4H3. The number of anilines is 2. The summed E-state index contributed by atoms with van der Waals surface area (Å²) in [5, 5.41) is 2.53. The molecule has 2 heteroatoms. The first-order valence-corrected chi connectivity index (χ1v) is 15.3. The molecular weight excluding hydrogens is 520 g/mol. The molecule has 0 fully saturated rings. The Labute approximate surface area is 254 Å². The minimum atomic E-state index is -0.0309. The van der Waals surface area contributed by atoms with Gasteiger partial charge in [0, 0.05) is 44.4 Å². The molecule has 2 nitrogen and oxygen atoms in total. The minimum Gasteiger partial charge on any atom is -0.311 e. The average molecular weight is 557 g/mol. The molecule has 43 heavy (non-hydrogen) atoms. The zero-order chi connectivity index (χ0) is 29.3. The van der Waals surface area contributed by atoms with E-state index in [0.717, 1.165) is 6.42 Å². The Morgan fingerprint density at radius 3 is 2.07 bits per heavy atom. The van der Waals surface area contributed by atoms with E-state index in [1.165, 1.54) is 66.8 Å². The Hall–Kier alpha value is -4.82. The summed E-state index contributed by atoms with van der Waals surface area (Å²) in [6.45, 7) is 9.38. The lowest BCUT2D eigenvalue weighted by molar-refractivity contribution is 0.508. The third-order valence-corrected chi connectivity index (χ3v) is 9.95. The van der Waals surface area contributed by atoms with Gasteiger partial charge in [0.05, 0.1) is 11.0 Å². The molecule has 1 heterocycles. The smallest absolute Gasteiger partial charge is 0.0542 e. The summed E-state index contributed by atoms with van der Waals surface area (Å²) in [7, 11) is 0. The van der Waals surface area contributed by atoms with E-state index in [2.05, 4.69) is 171 Å². The molecule has 2 aliphatic rings. The number of aromatic nitrogens is 1. The van der Waals surface area contributed by atoms with Crippen LogP contribution in [0, 0.1) is 6.92 Å². The number of rotatable bonds is 4. The fourth-order valence-electron chi connectivity index (χ4n) is 7.82. The second-order valence-electron chi connectivity index (χ2n) is 13.0. The first kappa shape index (κ1) is 25.9. The molecular formula is C41H36N2. The van der Waals surface area contributed by atoms with Gasteiger partial charge in [-0.3, -0.25) is 0 Å². The van der Waals surface area contributed by atoms with Crippen LogP contribution in [0.2, 0.25) is 0 Å². The molecule has 1 unspecified atom stereocenters. The van der Waals surface area contributed by atoms with Crippen molar-refractivity contribution in [2.45, 2.75) is 44.9 Å². The van der Waals surface area contributed by atoms with Crippen molar-refractivity contribution in [2.75, 3.05) is 4.90 Å². The Bertz CT molecular complexity index is 2090. The number of fused-ring (bicyclic) bond motifs is 6. The zero-order valence-corrected chi connectivity index (χ0v) is 25.3. The van der Waals surface area contributed by atoms with Gasteiger partial charge < -0.3 is 9.47 Å². The normalized spacial score (nSPS) is 18.7. The van der Waals surface area contributed by atoms with Crippen molar-refractivity contribution in [3.05, 3.63) is 161 Å². The second kappa shape index (κ2) is 9.34. The van der Waals surface area contributed by atoms with Crippen LogP contribution in [-0.2, 0) is 10.8 Å². The molecule has 5 aromatic carbocycles. The van der Waals surface area contributed by atoms with Gasteiger partial charge in [-0.05, 0) is 84.7 Å². The topological polar surface area (TPSA) is 8.17 Å². The number of aryl methyl sites for hydroxylation is 1. The van der Waals surface area contributed by atoms with Crippen LogP contribution in [0.4, 0.5) is 11.4 Å². The Kier molecular flexibility index (Phi) is 5.62. The minimum absolute atomic E-state index is 0.00952. The molecule has 0 saturated heterocycles. The van der Waals surface area contributed by atoms with E-state index in [4.69, 9.17) is 0 Å². The molecule has 1 aromatic heterocycles. The Morgan fingerprint density at radius 1 is 0.628 bits per heavy atom. The van der Waals surface area contributed by atoms with Gasteiger partial charge >= 0.3 is 0 Å². The zero-order valence-electron chi connectivity index (χ0n) is 25.3. The summed E-state index contributed by atoms with van der Waals surface area (Å²) in [4.78, 5) is 2.46. The number of para-hydroxylation sites is 2. The Morgan fingerprint density at radius 2 is 1.28 bits per heavy atom. The first-order chi connectivity index (χ1) is 20.9. The first-order valence-electron chi connectivity index (χ1n) is 15.3. The van der Waals surface area contributed by atoms with Gasteiger partial charge in [0.2, 0.25) is 0 Å². The largest absolute Gasteiger partial charge is 0.311 e. The second-order valence-corrected chi connectivity index (χ2v) is 13.0. The highest BCUT2D eigenvalue weighted by atomic mass is 15.1. The van der Waals surface area contributed by atoms with Crippen molar-refractivity contribution in [3.63, 3.8) is 0 Å². The summed E-state index contributed by atoms with van der Waals surface area (Å²) in [5.74, 6) is 0. The van der Waals surface area contributed by atoms with Gasteiger partial charge in [-0.25, -0.2) is 0 Å². The van der Waals surface area contributed by atoms with Crippen molar-refractivity contribution in [2.24, 2.45) is 0 Å². The van der Waals surface area contributed by atoms with E-state index in [9.17, 15) is 0 Å². The van der Waals surface area contributed by atoms with Gasteiger partial charge in [-0.1, -0.05) is 105 Å². The van der Waals surface area contributed by atoms with Gasteiger partial charge in [-0.2, -0.15) is 0 Å². The number of hydrogen-bond donors (Lipinski definition) is 0. The predicted molar refractivity (Wildman–Crippen MR) is 182 cm³/mol. The quantitative estimate of drug-likeness (QED) is 0.210. The van der Waals surface area contributed by atoms with Gasteiger partial charge in [0.25, 0.3) is 0 Å². The molecule has 0 spiro atoms. The molecule has 8 rings (SSSR count). The summed E-state index contributed by atoms with van der Waals surface area (Å²) in [6.07, 6.45) is 5.92. The maximum absolute atomic E-state index is 2.49. The number of nitrogens with zero attached hydrogens (tertiary/aromatic N) is 2. The van der Waals surface area contributed by atoms with Crippen LogP contribution in [0.1, 0.15) is 43.9 Å². The van der Waals surface area contributed by atoms with Crippen LogP contribution in [-0.4, -0.2) is 4.57 Å². The molecule has 0 aliphatic heterocycles. The van der Waals surface area contributed by atoms with E-state index in [-0.39, 0.29) is 10.8 Å². The number of allylic oxidation sites excluding steroid dienone is 3. The van der Waals surface area contributed by atoms with Crippen LogP contribution >= 0.6 is 0 Å². The van der Waals surface area contributed by atoms with E-state index < -0.39 is 0 Å².